The molecule has 7 nitrogen and oxygen atoms in total. The predicted molar refractivity (Wildman–Crippen MR) is 91.9 cm³/mol. The number of carbonyl (C=O) groups excluding carboxylic acids is 1. The van der Waals surface area contributed by atoms with Gasteiger partial charge in [0.2, 0.25) is 11.8 Å². The van der Waals surface area contributed by atoms with Crippen LogP contribution in [-0.2, 0) is 4.79 Å². The Morgan fingerprint density at radius 3 is 3.00 bits per heavy atom. The average Bonchev–Trinajstić information content (AvgIpc) is 3.16. The van der Waals surface area contributed by atoms with Crippen molar-refractivity contribution >= 4 is 17.6 Å². The topological polar surface area (TPSA) is 83.3 Å². The van der Waals surface area contributed by atoms with E-state index in [1.54, 1.807) is 6.07 Å². The fraction of sp³-hybridized carbons (Fsp3) is 0.471. The van der Waals surface area contributed by atoms with E-state index in [0.29, 0.717) is 18.3 Å². The van der Waals surface area contributed by atoms with Crippen LogP contribution in [0.1, 0.15) is 17.7 Å². The third kappa shape index (κ3) is 4.55. The van der Waals surface area contributed by atoms with Crippen LogP contribution in [-0.4, -0.2) is 47.1 Å². The maximum atomic E-state index is 12.0. The first kappa shape index (κ1) is 16.4. The molecule has 1 atom stereocenters. The minimum absolute atomic E-state index is 0.0695. The van der Waals surface area contributed by atoms with Crippen molar-refractivity contribution in [3.8, 4) is 0 Å². The number of aromatic nitrogens is 2. The van der Waals surface area contributed by atoms with Crippen LogP contribution < -0.4 is 10.6 Å². The average molecular weight is 329 g/mol. The van der Waals surface area contributed by atoms with Crippen molar-refractivity contribution in [2.75, 3.05) is 36.8 Å². The van der Waals surface area contributed by atoms with Crippen molar-refractivity contribution in [3.63, 3.8) is 0 Å². The Labute approximate surface area is 141 Å². The molecule has 24 heavy (non-hydrogen) atoms. The molecule has 2 N–H and O–H groups in total. The SMILES string of the molecule is Cc1ccc(NC[C@H]2CCN(CC(=O)Nc3cc(C)no3)C2)nc1. The lowest BCUT2D eigenvalue weighted by Crippen LogP contribution is -2.32. The minimum Gasteiger partial charge on any atom is -0.370 e. The number of amides is 1. The molecule has 1 fully saturated rings. The molecular formula is C17H23N5O2. The maximum Gasteiger partial charge on any atom is 0.240 e. The Bertz CT molecular complexity index is 683. The first-order chi connectivity index (χ1) is 11.6. The number of hydrogen-bond acceptors (Lipinski definition) is 6. The van der Waals surface area contributed by atoms with Gasteiger partial charge in [-0.3, -0.25) is 15.0 Å². The summed E-state index contributed by atoms with van der Waals surface area (Å²) in [4.78, 5) is 18.5. The zero-order valence-electron chi connectivity index (χ0n) is 14.1. The second-order valence-corrected chi connectivity index (χ2v) is 6.37. The van der Waals surface area contributed by atoms with Gasteiger partial charge in [-0.05, 0) is 44.4 Å². The highest BCUT2D eigenvalue weighted by atomic mass is 16.5. The maximum absolute atomic E-state index is 12.0. The van der Waals surface area contributed by atoms with Crippen molar-refractivity contribution in [1.82, 2.24) is 15.0 Å². The number of nitrogens with one attached hydrogen (secondary N) is 2. The van der Waals surface area contributed by atoms with Gasteiger partial charge in [-0.25, -0.2) is 4.98 Å². The van der Waals surface area contributed by atoms with E-state index in [2.05, 4.69) is 25.7 Å². The zero-order chi connectivity index (χ0) is 16.9. The smallest absolute Gasteiger partial charge is 0.240 e. The van der Waals surface area contributed by atoms with Crippen LogP contribution in [0.25, 0.3) is 0 Å². The molecule has 128 valence electrons. The van der Waals surface area contributed by atoms with E-state index in [1.165, 1.54) is 0 Å². The van der Waals surface area contributed by atoms with E-state index >= 15 is 0 Å². The predicted octanol–water partition coefficient (Wildman–Crippen LogP) is 2.06. The number of rotatable bonds is 6. The van der Waals surface area contributed by atoms with Crippen LogP contribution in [0.3, 0.4) is 0 Å². The van der Waals surface area contributed by atoms with E-state index in [-0.39, 0.29) is 5.91 Å². The summed E-state index contributed by atoms with van der Waals surface area (Å²) in [7, 11) is 0. The third-order valence-corrected chi connectivity index (χ3v) is 4.11. The van der Waals surface area contributed by atoms with Gasteiger partial charge >= 0.3 is 0 Å². The monoisotopic (exact) mass is 329 g/mol. The van der Waals surface area contributed by atoms with E-state index < -0.39 is 0 Å². The first-order valence-corrected chi connectivity index (χ1v) is 8.20. The lowest BCUT2D eigenvalue weighted by atomic mass is 10.1. The molecule has 0 bridgehead atoms. The molecule has 0 unspecified atom stereocenters. The van der Waals surface area contributed by atoms with E-state index in [0.717, 1.165) is 43.1 Å². The van der Waals surface area contributed by atoms with Crippen LogP contribution in [0, 0.1) is 19.8 Å². The number of likely N-dealkylation sites (tertiary alicyclic amines) is 1. The molecule has 2 aromatic rings. The summed E-state index contributed by atoms with van der Waals surface area (Å²) in [6, 6.07) is 5.75. The van der Waals surface area contributed by atoms with Gasteiger partial charge in [0.05, 0.1) is 12.2 Å². The lowest BCUT2D eigenvalue weighted by Gasteiger charge is -2.15. The normalized spacial score (nSPS) is 17.8. The summed E-state index contributed by atoms with van der Waals surface area (Å²) in [5, 5.41) is 9.86. The summed E-state index contributed by atoms with van der Waals surface area (Å²) >= 11 is 0. The zero-order valence-corrected chi connectivity index (χ0v) is 14.1. The van der Waals surface area contributed by atoms with Gasteiger partial charge in [-0.2, -0.15) is 0 Å². The lowest BCUT2D eigenvalue weighted by molar-refractivity contribution is -0.117. The summed E-state index contributed by atoms with van der Waals surface area (Å²) in [5.41, 5.74) is 1.91. The van der Waals surface area contributed by atoms with E-state index in [1.807, 2.05) is 32.2 Å². The first-order valence-electron chi connectivity index (χ1n) is 8.20. The summed E-state index contributed by atoms with van der Waals surface area (Å²) in [6.45, 7) is 6.92. The summed E-state index contributed by atoms with van der Waals surface area (Å²) < 4.78 is 5.00. The number of pyridine rings is 1. The fourth-order valence-corrected chi connectivity index (χ4v) is 2.85. The molecule has 1 amide bonds. The number of aryl methyl sites for hydroxylation is 2. The highest BCUT2D eigenvalue weighted by Crippen LogP contribution is 2.17. The van der Waals surface area contributed by atoms with Gasteiger partial charge in [0, 0.05) is 25.4 Å². The van der Waals surface area contributed by atoms with Crippen LogP contribution >= 0.6 is 0 Å². The number of nitrogens with zero attached hydrogens (tertiary/aromatic N) is 3. The van der Waals surface area contributed by atoms with Gasteiger partial charge in [0.1, 0.15) is 5.82 Å². The number of hydrogen-bond donors (Lipinski definition) is 2. The molecule has 7 heteroatoms. The van der Waals surface area contributed by atoms with Gasteiger partial charge in [-0.15, -0.1) is 0 Å². The van der Waals surface area contributed by atoms with Crippen molar-refractivity contribution in [2.24, 2.45) is 5.92 Å². The quantitative estimate of drug-likeness (QED) is 0.844. The third-order valence-electron chi connectivity index (χ3n) is 4.11. The largest absolute Gasteiger partial charge is 0.370 e. The van der Waals surface area contributed by atoms with Gasteiger partial charge < -0.3 is 9.84 Å². The molecule has 0 aliphatic carbocycles. The second kappa shape index (κ2) is 7.44. The van der Waals surface area contributed by atoms with Gasteiger partial charge in [-0.1, -0.05) is 11.2 Å². The molecule has 3 heterocycles. The molecule has 1 aliphatic rings. The van der Waals surface area contributed by atoms with E-state index in [9.17, 15) is 4.79 Å². The second-order valence-electron chi connectivity index (χ2n) is 6.37. The summed E-state index contributed by atoms with van der Waals surface area (Å²) in [5.74, 6) is 1.76. The standard InChI is InChI=1S/C17H23N5O2/c1-12-3-4-15(18-8-12)19-9-14-5-6-22(10-14)11-16(23)20-17-7-13(2)21-24-17/h3-4,7-8,14H,5-6,9-11H2,1-2H3,(H,18,19)(H,20,23)/t14-/m1/s1. The number of anilines is 2. The Balaban J connectivity index is 1.40. The molecule has 0 aromatic carbocycles. The molecule has 1 aliphatic heterocycles. The van der Waals surface area contributed by atoms with Crippen LogP contribution in [0.5, 0.6) is 0 Å². The van der Waals surface area contributed by atoms with Crippen LogP contribution in [0.4, 0.5) is 11.7 Å². The van der Waals surface area contributed by atoms with Crippen molar-refractivity contribution in [2.45, 2.75) is 20.3 Å². The molecular weight excluding hydrogens is 306 g/mol. The highest BCUT2D eigenvalue weighted by molar-refractivity contribution is 5.90. The Hall–Kier alpha value is -2.41. The summed E-state index contributed by atoms with van der Waals surface area (Å²) in [6.07, 6.45) is 2.94. The highest BCUT2D eigenvalue weighted by Gasteiger charge is 2.24. The van der Waals surface area contributed by atoms with Crippen LogP contribution in [0.15, 0.2) is 28.9 Å². The van der Waals surface area contributed by atoms with Crippen molar-refractivity contribution < 1.29 is 9.32 Å². The van der Waals surface area contributed by atoms with Crippen LogP contribution in [0.2, 0.25) is 0 Å². The molecule has 0 spiro atoms. The van der Waals surface area contributed by atoms with Crippen molar-refractivity contribution in [3.05, 3.63) is 35.7 Å². The molecule has 0 saturated carbocycles. The number of carbonyl (C=O) groups is 1. The minimum atomic E-state index is -0.0695. The fourth-order valence-electron chi connectivity index (χ4n) is 2.85. The van der Waals surface area contributed by atoms with Crippen molar-refractivity contribution in [1.29, 1.82) is 0 Å². The molecule has 2 aromatic heterocycles. The molecule has 3 rings (SSSR count). The van der Waals surface area contributed by atoms with Gasteiger partial charge in [0.15, 0.2) is 0 Å². The van der Waals surface area contributed by atoms with E-state index in [4.69, 9.17) is 4.52 Å². The molecule has 0 radical (unpaired) electrons. The van der Waals surface area contributed by atoms with Gasteiger partial charge in [0.25, 0.3) is 0 Å². The Kier molecular flexibility index (Phi) is 5.10. The Morgan fingerprint density at radius 2 is 2.29 bits per heavy atom. The molecule has 1 saturated heterocycles. The Morgan fingerprint density at radius 1 is 1.42 bits per heavy atom.